The van der Waals surface area contributed by atoms with Crippen molar-refractivity contribution in [2.75, 3.05) is 12.3 Å². The van der Waals surface area contributed by atoms with E-state index in [9.17, 15) is 15.0 Å². The Labute approximate surface area is 115 Å². The summed E-state index contributed by atoms with van der Waals surface area (Å²) < 4.78 is 6.54. The van der Waals surface area contributed by atoms with Crippen LogP contribution in [0.3, 0.4) is 0 Å². The van der Waals surface area contributed by atoms with Gasteiger partial charge in [0.2, 0.25) is 0 Å². The molecule has 0 amide bonds. The second kappa shape index (κ2) is 5.88. The Morgan fingerprint density at radius 2 is 2.15 bits per heavy atom. The molecule has 0 saturated carbocycles. The van der Waals surface area contributed by atoms with Crippen LogP contribution in [0.2, 0.25) is 0 Å². The molecule has 0 bridgehead atoms. The van der Waals surface area contributed by atoms with Crippen LogP contribution in [-0.2, 0) is 11.2 Å². The van der Waals surface area contributed by atoms with E-state index in [0.29, 0.717) is 12.1 Å². The Morgan fingerprint density at radius 1 is 1.45 bits per heavy atom. The monoisotopic (exact) mass is 285 g/mol. The fraction of sp³-hybridized carbons (Fsp3) is 0.667. The summed E-state index contributed by atoms with van der Waals surface area (Å²) in [6.07, 6.45) is -3.28. The molecule has 4 atom stereocenters. The van der Waals surface area contributed by atoms with Gasteiger partial charge in [-0.15, -0.1) is 0 Å². The summed E-state index contributed by atoms with van der Waals surface area (Å²) in [6.45, 7) is 1.48. The maximum atomic E-state index is 12.0. The van der Waals surface area contributed by atoms with Crippen molar-refractivity contribution in [3.63, 3.8) is 0 Å². The predicted molar refractivity (Wildman–Crippen MR) is 69.9 cm³/mol. The number of nitrogens with two attached hydrogens (primary N) is 1. The third-order valence-corrected chi connectivity index (χ3v) is 3.33. The highest BCUT2D eigenvalue weighted by atomic mass is 16.6. The zero-order chi connectivity index (χ0) is 14.9. The number of aliphatic hydroxyl groups excluding tert-OH is 3. The molecule has 2 heterocycles. The molecule has 1 fully saturated rings. The second-order valence-corrected chi connectivity index (χ2v) is 4.80. The summed E-state index contributed by atoms with van der Waals surface area (Å²) >= 11 is 0. The Morgan fingerprint density at radius 3 is 2.70 bits per heavy atom. The molecule has 0 aromatic carbocycles. The van der Waals surface area contributed by atoms with Gasteiger partial charge in [0.15, 0.2) is 6.23 Å². The molecule has 8 nitrogen and oxygen atoms in total. The van der Waals surface area contributed by atoms with E-state index in [4.69, 9.17) is 15.6 Å². The minimum atomic E-state index is -1.31. The smallest absolute Gasteiger partial charge is 0.351 e. The van der Waals surface area contributed by atoms with Crippen LogP contribution >= 0.6 is 0 Å². The standard InChI is InChI=1S/C12H19N3O5/c1-2-3-6-4-8(13)14-12(19)15(6)11-10(18)9(17)7(5-16)20-11/h4,7,9-11,16-18H,2-3,5H2,1H3,(H2,13,14,19)/t7-,9-,10-,11-/m1/s1. The molecule has 1 saturated heterocycles. The van der Waals surface area contributed by atoms with Crippen molar-refractivity contribution in [1.29, 1.82) is 0 Å². The van der Waals surface area contributed by atoms with Crippen LogP contribution in [0.1, 0.15) is 25.3 Å². The molecule has 1 aromatic rings. The molecule has 1 aromatic heterocycles. The molecule has 2 rings (SSSR count). The van der Waals surface area contributed by atoms with Crippen LogP contribution in [0.4, 0.5) is 5.82 Å². The lowest BCUT2D eigenvalue weighted by Gasteiger charge is -2.21. The van der Waals surface area contributed by atoms with Gasteiger partial charge in [0, 0.05) is 11.8 Å². The van der Waals surface area contributed by atoms with Gasteiger partial charge in [0.25, 0.3) is 0 Å². The van der Waals surface area contributed by atoms with Crippen molar-refractivity contribution >= 4 is 5.82 Å². The van der Waals surface area contributed by atoms with E-state index >= 15 is 0 Å². The van der Waals surface area contributed by atoms with Gasteiger partial charge in [-0.2, -0.15) is 4.98 Å². The number of rotatable bonds is 4. The first-order valence-corrected chi connectivity index (χ1v) is 6.50. The fourth-order valence-corrected chi connectivity index (χ4v) is 2.37. The highest BCUT2D eigenvalue weighted by Gasteiger charge is 2.44. The molecule has 0 spiro atoms. The number of nitrogens with zero attached hydrogens (tertiary/aromatic N) is 2. The van der Waals surface area contributed by atoms with Gasteiger partial charge < -0.3 is 25.8 Å². The van der Waals surface area contributed by atoms with Crippen LogP contribution in [0.25, 0.3) is 0 Å². The summed E-state index contributed by atoms with van der Waals surface area (Å²) in [7, 11) is 0. The maximum absolute atomic E-state index is 12.0. The van der Waals surface area contributed by atoms with Crippen molar-refractivity contribution in [1.82, 2.24) is 9.55 Å². The van der Waals surface area contributed by atoms with E-state index in [1.165, 1.54) is 4.57 Å². The zero-order valence-corrected chi connectivity index (χ0v) is 11.1. The zero-order valence-electron chi connectivity index (χ0n) is 11.1. The van der Waals surface area contributed by atoms with Crippen LogP contribution in [0.5, 0.6) is 0 Å². The molecular weight excluding hydrogens is 266 g/mol. The Hall–Kier alpha value is -1.48. The van der Waals surface area contributed by atoms with Gasteiger partial charge in [0.05, 0.1) is 6.61 Å². The highest BCUT2D eigenvalue weighted by Crippen LogP contribution is 2.29. The van der Waals surface area contributed by atoms with Crippen molar-refractivity contribution in [2.24, 2.45) is 0 Å². The predicted octanol–water partition coefficient (Wildman–Crippen LogP) is -1.61. The third-order valence-electron chi connectivity index (χ3n) is 3.33. The third kappa shape index (κ3) is 2.55. The molecule has 8 heteroatoms. The number of aliphatic hydroxyl groups is 3. The lowest BCUT2D eigenvalue weighted by molar-refractivity contribution is -0.0562. The number of hydrogen-bond donors (Lipinski definition) is 4. The highest BCUT2D eigenvalue weighted by molar-refractivity contribution is 5.29. The van der Waals surface area contributed by atoms with E-state index in [1.807, 2.05) is 6.92 Å². The molecule has 112 valence electrons. The molecule has 0 radical (unpaired) electrons. The minimum absolute atomic E-state index is 0.0986. The lowest BCUT2D eigenvalue weighted by Crippen LogP contribution is -2.37. The average Bonchev–Trinajstić information content (AvgIpc) is 2.66. The number of aryl methyl sites for hydroxylation is 1. The van der Waals surface area contributed by atoms with Gasteiger partial charge in [-0.3, -0.25) is 4.57 Å². The van der Waals surface area contributed by atoms with Gasteiger partial charge in [0.1, 0.15) is 24.1 Å². The van der Waals surface area contributed by atoms with E-state index in [2.05, 4.69) is 4.98 Å². The topological polar surface area (TPSA) is 131 Å². The van der Waals surface area contributed by atoms with E-state index in [-0.39, 0.29) is 5.82 Å². The Kier molecular flexibility index (Phi) is 4.39. The first kappa shape index (κ1) is 14.9. The number of nitrogen functional groups attached to an aromatic ring is 1. The van der Waals surface area contributed by atoms with Crippen molar-refractivity contribution < 1.29 is 20.1 Å². The molecule has 0 unspecified atom stereocenters. The minimum Gasteiger partial charge on any atom is -0.394 e. The van der Waals surface area contributed by atoms with Gasteiger partial charge in [-0.1, -0.05) is 13.3 Å². The molecule has 1 aliphatic rings. The Balaban J connectivity index is 2.44. The normalized spacial score (nSPS) is 29.8. The summed E-state index contributed by atoms with van der Waals surface area (Å²) in [5, 5.41) is 28.8. The fourth-order valence-electron chi connectivity index (χ4n) is 2.37. The SMILES string of the molecule is CCCc1cc(N)nc(=O)n1[C@@H]1O[C@H](CO)[C@@H](O)[C@H]1O. The van der Waals surface area contributed by atoms with E-state index in [1.54, 1.807) is 6.07 Å². The van der Waals surface area contributed by atoms with E-state index in [0.717, 1.165) is 6.42 Å². The molecule has 5 N–H and O–H groups in total. The van der Waals surface area contributed by atoms with Crippen LogP contribution in [0.15, 0.2) is 10.9 Å². The first-order valence-electron chi connectivity index (χ1n) is 6.50. The number of anilines is 1. The van der Waals surface area contributed by atoms with E-state index < -0.39 is 36.8 Å². The van der Waals surface area contributed by atoms with Gasteiger partial charge in [-0.05, 0) is 6.42 Å². The summed E-state index contributed by atoms with van der Waals surface area (Å²) in [6, 6.07) is 1.54. The number of ether oxygens (including phenoxy) is 1. The van der Waals surface area contributed by atoms with Crippen molar-refractivity contribution in [3.05, 3.63) is 22.2 Å². The lowest BCUT2D eigenvalue weighted by atomic mass is 10.1. The first-order chi connectivity index (χ1) is 9.49. The number of hydrogen-bond acceptors (Lipinski definition) is 7. The van der Waals surface area contributed by atoms with Gasteiger partial charge in [-0.25, -0.2) is 4.79 Å². The summed E-state index contributed by atoms with van der Waals surface area (Å²) in [5.74, 6) is 0.0986. The molecule has 0 aliphatic carbocycles. The van der Waals surface area contributed by atoms with Crippen LogP contribution in [-0.4, -0.2) is 49.8 Å². The Bertz CT molecular complexity index is 532. The second-order valence-electron chi connectivity index (χ2n) is 4.80. The number of aromatic nitrogens is 2. The van der Waals surface area contributed by atoms with Crippen molar-refractivity contribution in [2.45, 2.75) is 44.3 Å². The largest absolute Gasteiger partial charge is 0.394 e. The molecular formula is C12H19N3O5. The summed E-state index contributed by atoms with van der Waals surface area (Å²) in [5.41, 5.74) is 5.48. The molecule has 20 heavy (non-hydrogen) atoms. The van der Waals surface area contributed by atoms with Crippen LogP contribution in [0, 0.1) is 0 Å². The average molecular weight is 285 g/mol. The summed E-state index contributed by atoms with van der Waals surface area (Å²) in [4.78, 5) is 15.6. The van der Waals surface area contributed by atoms with Crippen molar-refractivity contribution in [3.8, 4) is 0 Å². The van der Waals surface area contributed by atoms with Crippen LogP contribution < -0.4 is 11.4 Å². The molecule has 1 aliphatic heterocycles. The maximum Gasteiger partial charge on any atom is 0.351 e. The quantitative estimate of drug-likeness (QED) is 0.523. The van der Waals surface area contributed by atoms with Gasteiger partial charge >= 0.3 is 5.69 Å².